The van der Waals surface area contributed by atoms with Gasteiger partial charge in [-0.3, -0.25) is 0 Å². The normalized spacial score (nSPS) is 18.9. The fourth-order valence-corrected chi connectivity index (χ4v) is 2.33. The van der Waals surface area contributed by atoms with E-state index in [0.717, 1.165) is 44.4 Å². The monoisotopic (exact) mass is 264 g/mol. The van der Waals surface area contributed by atoms with Crippen LogP contribution in [0.3, 0.4) is 0 Å². The second-order valence-electron chi connectivity index (χ2n) is 5.30. The molecule has 0 amide bonds. The molecule has 0 spiro atoms. The third kappa shape index (κ3) is 3.80. The third-order valence-corrected chi connectivity index (χ3v) is 3.41. The van der Waals surface area contributed by atoms with Crippen LogP contribution in [0.2, 0.25) is 0 Å². The zero-order chi connectivity index (χ0) is 13.7. The Bertz CT molecular complexity index is 397. The highest BCUT2D eigenvalue weighted by atomic mass is 16.5. The first-order valence-electron chi connectivity index (χ1n) is 7.02. The number of rotatable bonds is 6. The molecule has 0 radical (unpaired) electrons. The van der Waals surface area contributed by atoms with Crippen LogP contribution in [0.25, 0.3) is 0 Å². The zero-order valence-electron chi connectivity index (χ0n) is 12.2. The largest absolute Gasteiger partial charge is 0.381 e. The first-order valence-corrected chi connectivity index (χ1v) is 7.02. The molecule has 1 atom stereocenters. The highest BCUT2D eigenvalue weighted by Gasteiger charge is 2.23. The van der Waals surface area contributed by atoms with Crippen molar-refractivity contribution in [2.45, 2.75) is 19.8 Å². The van der Waals surface area contributed by atoms with Crippen LogP contribution in [0.5, 0.6) is 0 Å². The predicted molar refractivity (Wildman–Crippen MR) is 77.8 cm³/mol. The lowest BCUT2D eigenvalue weighted by Crippen LogP contribution is -2.23. The van der Waals surface area contributed by atoms with Gasteiger partial charge in [-0.05, 0) is 12.8 Å². The molecule has 106 valence electrons. The zero-order valence-corrected chi connectivity index (χ0v) is 12.2. The van der Waals surface area contributed by atoms with Gasteiger partial charge in [-0.1, -0.05) is 6.92 Å². The van der Waals surface area contributed by atoms with E-state index in [1.54, 1.807) is 6.33 Å². The maximum atomic E-state index is 5.65. The summed E-state index contributed by atoms with van der Waals surface area (Å²) in [5.74, 6) is 2.61. The number of nitrogens with zero attached hydrogens (tertiary/aromatic N) is 4. The molecule has 19 heavy (non-hydrogen) atoms. The van der Waals surface area contributed by atoms with Gasteiger partial charge in [0.1, 0.15) is 18.0 Å². The Morgan fingerprint density at radius 3 is 3.00 bits per heavy atom. The number of hydrogen-bond acceptors (Lipinski definition) is 5. The SMILES string of the molecule is CCCOC[C@H]1CCN(c2cc(N(C)C)ncn2)C1. The van der Waals surface area contributed by atoms with E-state index in [1.807, 2.05) is 19.0 Å². The molecular weight excluding hydrogens is 240 g/mol. The van der Waals surface area contributed by atoms with Crippen LogP contribution >= 0.6 is 0 Å². The summed E-state index contributed by atoms with van der Waals surface area (Å²) in [6, 6.07) is 2.05. The Morgan fingerprint density at radius 2 is 2.26 bits per heavy atom. The number of aromatic nitrogens is 2. The number of hydrogen-bond donors (Lipinski definition) is 0. The summed E-state index contributed by atoms with van der Waals surface area (Å²) >= 11 is 0. The molecule has 1 aromatic heterocycles. The second-order valence-corrected chi connectivity index (χ2v) is 5.30. The van der Waals surface area contributed by atoms with E-state index in [1.165, 1.54) is 6.42 Å². The van der Waals surface area contributed by atoms with E-state index in [-0.39, 0.29) is 0 Å². The Hall–Kier alpha value is -1.36. The van der Waals surface area contributed by atoms with E-state index >= 15 is 0 Å². The molecule has 2 rings (SSSR count). The molecule has 0 N–H and O–H groups in total. The first-order chi connectivity index (χ1) is 9.20. The molecule has 0 unspecified atom stereocenters. The summed E-state index contributed by atoms with van der Waals surface area (Å²) in [6.45, 7) is 5.98. The van der Waals surface area contributed by atoms with E-state index in [0.29, 0.717) is 5.92 Å². The summed E-state index contributed by atoms with van der Waals surface area (Å²) in [7, 11) is 4.00. The third-order valence-electron chi connectivity index (χ3n) is 3.41. The van der Waals surface area contributed by atoms with Gasteiger partial charge in [0.2, 0.25) is 0 Å². The Labute approximate surface area is 115 Å². The summed E-state index contributed by atoms with van der Waals surface area (Å²) in [6.07, 6.45) is 3.92. The van der Waals surface area contributed by atoms with Crippen LogP contribution in [0.1, 0.15) is 19.8 Å². The van der Waals surface area contributed by atoms with Crippen LogP contribution in [-0.2, 0) is 4.74 Å². The molecule has 0 bridgehead atoms. The van der Waals surface area contributed by atoms with E-state index in [2.05, 4.69) is 27.9 Å². The van der Waals surface area contributed by atoms with Gasteiger partial charge in [-0.15, -0.1) is 0 Å². The lowest BCUT2D eigenvalue weighted by molar-refractivity contribution is 0.106. The minimum absolute atomic E-state index is 0.629. The van der Waals surface area contributed by atoms with E-state index in [4.69, 9.17) is 4.74 Å². The van der Waals surface area contributed by atoms with Crippen LogP contribution in [-0.4, -0.2) is 50.4 Å². The van der Waals surface area contributed by atoms with Crippen molar-refractivity contribution in [3.8, 4) is 0 Å². The van der Waals surface area contributed by atoms with Crippen LogP contribution in [0.4, 0.5) is 11.6 Å². The molecule has 5 heteroatoms. The average Bonchev–Trinajstić information content (AvgIpc) is 2.88. The summed E-state index contributed by atoms with van der Waals surface area (Å²) < 4.78 is 5.65. The quantitative estimate of drug-likeness (QED) is 0.733. The maximum absolute atomic E-state index is 5.65. The molecule has 1 aromatic rings. The van der Waals surface area contributed by atoms with Gasteiger partial charge in [0.25, 0.3) is 0 Å². The van der Waals surface area contributed by atoms with Crippen molar-refractivity contribution in [2.75, 3.05) is 50.2 Å². The Kier molecular flexibility index (Phi) is 4.96. The van der Waals surface area contributed by atoms with E-state index in [9.17, 15) is 0 Å². The maximum Gasteiger partial charge on any atom is 0.134 e. The Morgan fingerprint density at radius 1 is 1.42 bits per heavy atom. The van der Waals surface area contributed by atoms with Crippen molar-refractivity contribution in [1.82, 2.24) is 9.97 Å². The van der Waals surface area contributed by atoms with Crippen molar-refractivity contribution >= 4 is 11.6 Å². The fourth-order valence-electron chi connectivity index (χ4n) is 2.33. The molecule has 1 saturated heterocycles. The molecule has 0 aliphatic carbocycles. The predicted octanol–water partition coefficient (Wildman–Crippen LogP) is 1.80. The molecule has 1 aliphatic rings. The highest BCUT2D eigenvalue weighted by Crippen LogP contribution is 2.24. The minimum Gasteiger partial charge on any atom is -0.381 e. The van der Waals surface area contributed by atoms with Gasteiger partial charge >= 0.3 is 0 Å². The smallest absolute Gasteiger partial charge is 0.134 e. The summed E-state index contributed by atoms with van der Waals surface area (Å²) in [5, 5.41) is 0. The van der Waals surface area contributed by atoms with Gasteiger partial charge in [-0.25, -0.2) is 9.97 Å². The molecule has 0 saturated carbocycles. The van der Waals surface area contributed by atoms with Crippen LogP contribution < -0.4 is 9.80 Å². The Balaban J connectivity index is 1.91. The van der Waals surface area contributed by atoms with Gasteiger partial charge < -0.3 is 14.5 Å². The molecule has 1 aliphatic heterocycles. The van der Waals surface area contributed by atoms with Gasteiger partial charge in [-0.2, -0.15) is 0 Å². The van der Waals surface area contributed by atoms with Gasteiger partial charge in [0.05, 0.1) is 6.61 Å². The lowest BCUT2D eigenvalue weighted by Gasteiger charge is -2.19. The summed E-state index contributed by atoms with van der Waals surface area (Å²) in [4.78, 5) is 13.0. The number of anilines is 2. The topological polar surface area (TPSA) is 41.5 Å². The lowest BCUT2D eigenvalue weighted by atomic mass is 10.1. The van der Waals surface area contributed by atoms with E-state index < -0.39 is 0 Å². The minimum atomic E-state index is 0.629. The van der Waals surface area contributed by atoms with Crippen molar-refractivity contribution in [3.63, 3.8) is 0 Å². The standard InChI is InChI=1S/C14H24N4O/c1-4-7-19-10-12-5-6-18(9-12)14-8-13(17(2)3)15-11-16-14/h8,11-12H,4-7,9-10H2,1-3H3/t12-/m0/s1. The summed E-state index contributed by atoms with van der Waals surface area (Å²) in [5.41, 5.74) is 0. The van der Waals surface area contributed by atoms with Crippen molar-refractivity contribution in [2.24, 2.45) is 5.92 Å². The van der Waals surface area contributed by atoms with Crippen molar-refractivity contribution in [1.29, 1.82) is 0 Å². The fraction of sp³-hybridized carbons (Fsp3) is 0.714. The molecular formula is C14H24N4O. The average molecular weight is 264 g/mol. The van der Waals surface area contributed by atoms with Crippen molar-refractivity contribution in [3.05, 3.63) is 12.4 Å². The molecule has 5 nitrogen and oxygen atoms in total. The van der Waals surface area contributed by atoms with Gasteiger partial charge in [0, 0.05) is 45.8 Å². The van der Waals surface area contributed by atoms with Crippen molar-refractivity contribution < 1.29 is 4.74 Å². The molecule has 0 aromatic carbocycles. The highest BCUT2D eigenvalue weighted by molar-refractivity contribution is 5.49. The number of ether oxygens (including phenoxy) is 1. The van der Waals surface area contributed by atoms with Crippen LogP contribution in [0, 0.1) is 5.92 Å². The molecule has 2 heterocycles. The first kappa shape index (κ1) is 14.1. The molecule has 1 fully saturated rings. The second kappa shape index (κ2) is 6.70. The van der Waals surface area contributed by atoms with Gasteiger partial charge in [0.15, 0.2) is 0 Å². The van der Waals surface area contributed by atoms with Crippen LogP contribution in [0.15, 0.2) is 12.4 Å².